The van der Waals surface area contributed by atoms with Crippen molar-refractivity contribution in [3.63, 3.8) is 0 Å². The Morgan fingerprint density at radius 2 is 2.25 bits per heavy atom. The van der Waals surface area contributed by atoms with E-state index >= 15 is 0 Å². The van der Waals surface area contributed by atoms with Crippen LogP contribution in [0.3, 0.4) is 0 Å². The summed E-state index contributed by atoms with van der Waals surface area (Å²) in [4.78, 5) is 16.5. The molecule has 0 aliphatic carbocycles. The lowest BCUT2D eigenvalue weighted by Gasteiger charge is -2.36. The highest BCUT2D eigenvalue weighted by Crippen LogP contribution is 2.16. The highest BCUT2D eigenvalue weighted by Gasteiger charge is 2.24. The molecule has 2 rings (SSSR count). The Morgan fingerprint density at radius 1 is 1.45 bits per heavy atom. The number of amides is 1. The van der Waals surface area contributed by atoms with Crippen LogP contribution >= 0.6 is 0 Å². The molecule has 20 heavy (non-hydrogen) atoms. The van der Waals surface area contributed by atoms with Gasteiger partial charge in [0.1, 0.15) is 0 Å². The number of nitrogen functional groups attached to an aromatic ring is 1. The number of likely N-dealkylation sites (N-methyl/N-ethyl adjacent to an activating group) is 1. The Labute approximate surface area is 121 Å². The van der Waals surface area contributed by atoms with Gasteiger partial charge in [-0.05, 0) is 51.1 Å². The summed E-state index contributed by atoms with van der Waals surface area (Å²) in [6.07, 6.45) is 3.63. The smallest absolute Gasteiger partial charge is 0.222 e. The van der Waals surface area contributed by atoms with Gasteiger partial charge in [-0.1, -0.05) is 12.1 Å². The number of benzene rings is 1. The van der Waals surface area contributed by atoms with E-state index < -0.39 is 0 Å². The fourth-order valence-electron chi connectivity index (χ4n) is 2.76. The number of likely N-dealkylation sites (tertiary alicyclic amines) is 1. The molecule has 1 aliphatic rings. The maximum absolute atomic E-state index is 12.3. The summed E-state index contributed by atoms with van der Waals surface area (Å²) >= 11 is 0. The zero-order valence-corrected chi connectivity index (χ0v) is 12.5. The SMILES string of the molecule is CN(C)C1CCCN(C(=O)CCc2cccc(N)c2)C1. The molecule has 4 nitrogen and oxygen atoms in total. The van der Waals surface area contributed by atoms with Crippen LogP contribution < -0.4 is 5.73 Å². The van der Waals surface area contributed by atoms with E-state index in [9.17, 15) is 4.79 Å². The van der Waals surface area contributed by atoms with Gasteiger partial charge in [0, 0.05) is 31.2 Å². The van der Waals surface area contributed by atoms with Crippen molar-refractivity contribution < 1.29 is 4.79 Å². The van der Waals surface area contributed by atoms with Gasteiger partial charge in [0.15, 0.2) is 0 Å². The van der Waals surface area contributed by atoms with Gasteiger partial charge >= 0.3 is 0 Å². The summed E-state index contributed by atoms with van der Waals surface area (Å²) in [5, 5.41) is 0. The molecule has 1 saturated heterocycles. The van der Waals surface area contributed by atoms with Crippen LogP contribution in [0.15, 0.2) is 24.3 Å². The van der Waals surface area contributed by atoms with E-state index in [1.165, 1.54) is 6.42 Å². The summed E-state index contributed by atoms with van der Waals surface area (Å²) in [6.45, 7) is 1.77. The number of anilines is 1. The number of nitrogens with two attached hydrogens (primary N) is 1. The van der Waals surface area contributed by atoms with E-state index in [0.717, 1.165) is 37.2 Å². The largest absolute Gasteiger partial charge is 0.399 e. The van der Waals surface area contributed by atoms with Gasteiger partial charge in [0.05, 0.1) is 0 Å². The van der Waals surface area contributed by atoms with E-state index in [0.29, 0.717) is 12.5 Å². The fraction of sp³-hybridized carbons (Fsp3) is 0.562. The van der Waals surface area contributed by atoms with E-state index in [1.807, 2.05) is 29.2 Å². The number of hydrogen-bond acceptors (Lipinski definition) is 3. The zero-order chi connectivity index (χ0) is 14.5. The molecule has 0 bridgehead atoms. The molecule has 1 atom stereocenters. The highest BCUT2D eigenvalue weighted by atomic mass is 16.2. The molecule has 1 aromatic carbocycles. The Bertz CT molecular complexity index is 459. The standard InChI is InChI=1S/C16H25N3O/c1-18(2)15-7-4-10-19(12-15)16(20)9-8-13-5-3-6-14(17)11-13/h3,5-6,11,15H,4,7-10,12,17H2,1-2H3. The van der Waals surface area contributed by atoms with Crippen molar-refractivity contribution in [1.29, 1.82) is 0 Å². The number of rotatable bonds is 4. The van der Waals surface area contributed by atoms with Crippen LogP contribution in [-0.4, -0.2) is 48.9 Å². The molecule has 1 fully saturated rings. The average molecular weight is 275 g/mol. The number of nitrogens with zero attached hydrogens (tertiary/aromatic N) is 2. The first-order chi connectivity index (χ1) is 9.56. The maximum atomic E-state index is 12.3. The van der Waals surface area contributed by atoms with E-state index in [4.69, 9.17) is 5.73 Å². The van der Waals surface area contributed by atoms with Gasteiger partial charge in [-0.2, -0.15) is 0 Å². The summed E-state index contributed by atoms with van der Waals surface area (Å²) in [6, 6.07) is 8.30. The predicted molar refractivity (Wildman–Crippen MR) is 82.5 cm³/mol. The Hall–Kier alpha value is -1.55. The minimum Gasteiger partial charge on any atom is -0.399 e. The Balaban J connectivity index is 1.85. The predicted octanol–water partition coefficient (Wildman–Crippen LogP) is 1.75. The van der Waals surface area contributed by atoms with Crippen molar-refractivity contribution >= 4 is 11.6 Å². The van der Waals surface area contributed by atoms with E-state index in [1.54, 1.807) is 0 Å². The van der Waals surface area contributed by atoms with Gasteiger partial charge < -0.3 is 15.5 Å². The van der Waals surface area contributed by atoms with Crippen LogP contribution in [0, 0.1) is 0 Å². The van der Waals surface area contributed by atoms with Crippen LogP contribution in [0.5, 0.6) is 0 Å². The molecule has 1 heterocycles. The van der Waals surface area contributed by atoms with Gasteiger partial charge in [0.2, 0.25) is 5.91 Å². The van der Waals surface area contributed by atoms with Crippen LogP contribution in [0.25, 0.3) is 0 Å². The molecule has 1 aromatic rings. The molecule has 0 aromatic heterocycles. The molecule has 1 unspecified atom stereocenters. The van der Waals surface area contributed by atoms with Gasteiger partial charge in [0.25, 0.3) is 0 Å². The quantitative estimate of drug-likeness (QED) is 0.852. The summed E-state index contributed by atoms with van der Waals surface area (Å²) in [7, 11) is 4.18. The lowest BCUT2D eigenvalue weighted by atomic mass is 10.0. The van der Waals surface area contributed by atoms with Crippen molar-refractivity contribution in [3.05, 3.63) is 29.8 Å². The van der Waals surface area contributed by atoms with Crippen molar-refractivity contribution in [2.45, 2.75) is 31.7 Å². The minimum absolute atomic E-state index is 0.263. The van der Waals surface area contributed by atoms with Crippen molar-refractivity contribution in [3.8, 4) is 0 Å². The van der Waals surface area contributed by atoms with Crippen LogP contribution in [-0.2, 0) is 11.2 Å². The second-order valence-electron chi connectivity index (χ2n) is 5.84. The second kappa shape index (κ2) is 6.75. The average Bonchev–Trinajstić information content (AvgIpc) is 2.45. The fourth-order valence-corrected chi connectivity index (χ4v) is 2.76. The first-order valence-electron chi connectivity index (χ1n) is 7.35. The lowest BCUT2D eigenvalue weighted by Crippen LogP contribution is -2.47. The summed E-state index contributed by atoms with van der Waals surface area (Å²) in [5.74, 6) is 0.263. The summed E-state index contributed by atoms with van der Waals surface area (Å²) in [5.41, 5.74) is 7.66. The van der Waals surface area contributed by atoms with Gasteiger partial charge in [-0.3, -0.25) is 4.79 Å². The van der Waals surface area contributed by atoms with E-state index in [-0.39, 0.29) is 5.91 Å². The minimum atomic E-state index is 0.263. The topological polar surface area (TPSA) is 49.6 Å². The number of piperidine rings is 1. The van der Waals surface area contributed by atoms with Crippen molar-refractivity contribution in [2.24, 2.45) is 0 Å². The van der Waals surface area contributed by atoms with Crippen molar-refractivity contribution in [2.75, 3.05) is 32.9 Å². The monoisotopic (exact) mass is 275 g/mol. The molecule has 1 aliphatic heterocycles. The second-order valence-corrected chi connectivity index (χ2v) is 5.84. The molecular formula is C16H25N3O. The first-order valence-corrected chi connectivity index (χ1v) is 7.35. The molecule has 0 spiro atoms. The third-order valence-corrected chi connectivity index (χ3v) is 4.06. The molecule has 110 valence electrons. The van der Waals surface area contributed by atoms with Gasteiger partial charge in [-0.25, -0.2) is 0 Å². The molecule has 4 heteroatoms. The Morgan fingerprint density at radius 3 is 2.95 bits per heavy atom. The molecule has 0 saturated carbocycles. The molecule has 0 radical (unpaired) electrons. The highest BCUT2D eigenvalue weighted by molar-refractivity contribution is 5.76. The lowest BCUT2D eigenvalue weighted by molar-refractivity contribution is -0.133. The molecule has 2 N–H and O–H groups in total. The summed E-state index contributed by atoms with van der Waals surface area (Å²) < 4.78 is 0. The number of aryl methyl sites for hydroxylation is 1. The first kappa shape index (κ1) is 14.9. The van der Waals surface area contributed by atoms with Crippen LogP contribution in [0.2, 0.25) is 0 Å². The van der Waals surface area contributed by atoms with Crippen LogP contribution in [0.4, 0.5) is 5.69 Å². The maximum Gasteiger partial charge on any atom is 0.222 e. The number of carbonyl (C=O) groups is 1. The third-order valence-electron chi connectivity index (χ3n) is 4.06. The zero-order valence-electron chi connectivity index (χ0n) is 12.5. The Kier molecular flexibility index (Phi) is 5.01. The normalized spacial score (nSPS) is 19.4. The number of carbonyl (C=O) groups excluding carboxylic acids is 1. The van der Waals surface area contributed by atoms with E-state index in [2.05, 4.69) is 19.0 Å². The van der Waals surface area contributed by atoms with Crippen molar-refractivity contribution in [1.82, 2.24) is 9.80 Å². The van der Waals surface area contributed by atoms with Gasteiger partial charge in [-0.15, -0.1) is 0 Å². The molecular weight excluding hydrogens is 250 g/mol. The molecule has 1 amide bonds. The number of hydrogen-bond donors (Lipinski definition) is 1. The third kappa shape index (κ3) is 3.97. The van der Waals surface area contributed by atoms with Crippen LogP contribution in [0.1, 0.15) is 24.8 Å².